The van der Waals surface area contributed by atoms with Gasteiger partial charge in [0.1, 0.15) is 0 Å². The molecule has 0 saturated carbocycles. The number of aromatic amines is 1. The van der Waals surface area contributed by atoms with Crippen molar-refractivity contribution in [3.8, 4) is 0 Å². The number of hydrogen-bond donors (Lipinski definition) is 1. The van der Waals surface area contributed by atoms with Crippen molar-refractivity contribution in [2.75, 3.05) is 18.8 Å². The summed E-state index contributed by atoms with van der Waals surface area (Å²) in [6, 6.07) is 5.56. The third-order valence-corrected chi connectivity index (χ3v) is 7.23. The molecule has 6 nitrogen and oxygen atoms in total. The van der Waals surface area contributed by atoms with Crippen molar-refractivity contribution in [3.63, 3.8) is 0 Å². The molecule has 1 saturated heterocycles. The lowest BCUT2D eigenvalue weighted by Gasteiger charge is -2.33. The van der Waals surface area contributed by atoms with Crippen LogP contribution in [0.15, 0.2) is 24.3 Å². The second kappa shape index (κ2) is 7.16. The summed E-state index contributed by atoms with van der Waals surface area (Å²) < 4.78 is 63.7. The van der Waals surface area contributed by atoms with E-state index in [-0.39, 0.29) is 34.6 Å². The largest absolute Gasteiger partial charge is 0.416 e. The first-order valence-corrected chi connectivity index (χ1v) is 11.2. The molecular formula is C19H20F3N3O3S. The summed E-state index contributed by atoms with van der Waals surface area (Å²) in [5.41, 5.74) is 0.826. The molecule has 10 heteroatoms. The van der Waals surface area contributed by atoms with Gasteiger partial charge >= 0.3 is 6.18 Å². The van der Waals surface area contributed by atoms with Crippen LogP contribution in [0.5, 0.6) is 0 Å². The first kappa shape index (κ1) is 19.9. The van der Waals surface area contributed by atoms with Gasteiger partial charge in [-0.25, -0.2) is 8.42 Å². The van der Waals surface area contributed by atoms with E-state index in [0.717, 1.165) is 6.07 Å². The number of nitrogens with one attached hydrogen (secondary N) is 1. The molecule has 0 unspecified atom stereocenters. The highest BCUT2D eigenvalue weighted by Crippen LogP contribution is 2.38. The molecule has 4 rings (SSSR count). The normalized spacial score (nSPS) is 19.8. The maximum Gasteiger partial charge on any atom is 0.416 e. The van der Waals surface area contributed by atoms with Gasteiger partial charge in [0.15, 0.2) is 15.5 Å². The number of benzene rings is 1. The zero-order valence-electron chi connectivity index (χ0n) is 15.5. The average molecular weight is 427 g/mol. The summed E-state index contributed by atoms with van der Waals surface area (Å²) in [6.07, 6.45) is -3.30. The fraction of sp³-hybridized carbons (Fsp3) is 0.474. The monoisotopic (exact) mass is 427 g/mol. The second-order valence-corrected chi connectivity index (χ2v) is 9.71. The van der Waals surface area contributed by atoms with Crippen molar-refractivity contribution >= 4 is 15.7 Å². The molecule has 0 aliphatic carbocycles. The van der Waals surface area contributed by atoms with Crippen molar-refractivity contribution in [3.05, 3.63) is 52.3 Å². The molecule has 0 atom stereocenters. The zero-order valence-corrected chi connectivity index (χ0v) is 16.3. The van der Waals surface area contributed by atoms with E-state index in [2.05, 4.69) is 10.2 Å². The smallest absolute Gasteiger partial charge is 0.337 e. The van der Waals surface area contributed by atoms with Gasteiger partial charge in [0, 0.05) is 30.8 Å². The fourth-order valence-electron chi connectivity index (χ4n) is 4.14. The van der Waals surface area contributed by atoms with Crippen molar-refractivity contribution in [2.45, 2.75) is 37.1 Å². The predicted molar refractivity (Wildman–Crippen MR) is 99.1 cm³/mol. The second-order valence-electron chi connectivity index (χ2n) is 7.52. The Kier molecular flexibility index (Phi) is 4.92. The van der Waals surface area contributed by atoms with Gasteiger partial charge in [-0.1, -0.05) is 18.2 Å². The average Bonchev–Trinajstić information content (AvgIpc) is 3.08. The number of likely N-dealkylation sites (tertiary alicyclic amines) is 1. The number of aryl methyl sites for hydroxylation is 1. The Hall–Kier alpha value is -2.36. The van der Waals surface area contributed by atoms with Gasteiger partial charge in [-0.15, -0.1) is 0 Å². The highest BCUT2D eigenvalue weighted by molar-refractivity contribution is 7.90. The van der Waals surface area contributed by atoms with E-state index in [1.54, 1.807) is 11.0 Å². The van der Waals surface area contributed by atoms with Gasteiger partial charge in [-0.2, -0.15) is 18.3 Å². The summed E-state index contributed by atoms with van der Waals surface area (Å²) in [5, 5.41) is 6.79. The number of carbonyl (C=O) groups is 1. The number of carbonyl (C=O) groups excluding carboxylic acids is 1. The van der Waals surface area contributed by atoms with Crippen LogP contribution in [0.4, 0.5) is 13.2 Å². The minimum Gasteiger partial charge on any atom is -0.337 e. The lowest BCUT2D eigenvalue weighted by Crippen LogP contribution is -2.39. The lowest BCUT2D eigenvalue weighted by molar-refractivity contribution is -0.138. The maximum atomic E-state index is 13.3. The lowest BCUT2D eigenvalue weighted by atomic mass is 9.86. The Balaban J connectivity index is 1.49. The van der Waals surface area contributed by atoms with Gasteiger partial charge in [0.25, 0.3) is 5.91 Å². The summed E-state index contributed by atoms with van der Waals surface area (Å²) in [7, 11) is -3.25. The van der Waals surface area contributed by atoms with E-state index in [9.17, 15) is 26.4 Å². The molecular weight excluding hydrogens is 407 g/mol. The summed E-state index contributed by atoms with van der Waals surface area (Å²) in [5.74, 6) is -0.845. The molecule has 0 radical (unpaired) electrons. The van der Waals surface area contributed by atoms with E-state index in [1.807, 2.05) is 0 Å². The van der Waals surface area contributed by atoms with Gasteiger partial charge < -0.3 is 4.90 Å². The third-order valence-electron chi connectivity index (χ3n) is 5.67. The SMILES string of the molecule is O=C(c1n[nH]c2c1CS(=O)(=O)CC2)N1CCC(c2ccccc2C(F)(F)F)CC1. The Morgan fingerprint density at radius 2 is 1.86 bits per heavy atom. The van der Waals surface area contributed by atoms with Gasteiger partial charge in [0.2, 0.25) is 0 Å². The first-order valence-electron chi connectivity index (χ1n) is 9.37. The number of hydrogen-bond acceptors (Lipinski definition) is 4. The number of alkyl halides is 3. The van der Waals surface area contributed by atoms with E-state index in [4.69, 9.17) is 0 Å². The number of fused-ring (bicyclic) bond motifs is 1. The number of sulfone groups is 1. The number of aromatic nitrogens is 2. The van der Waals surface area contributed by atoms with Crippen LogP contribution in [0.25, 0.3) is 0 Å². The predicted octanol–water partition coefficient (Wildman–Crippen LogP) is 2.92. The molecule has 3 heterocycles. The minimum atomic E-state index is -4.41. The van der Waals surface area contributed by atoms with Crippen LogP contribution < -0.4 is 0 Å². The number of halogens is 3. The summed E-state index contributed by atoms with van der Waals surface area (Å²) in [6.45, 7) is 0.591. The molecule has 156 valence electrons. The van der Waals surface area contributed by atoms with Gasteiger partial charge in [0.05, 0.1) is 17.1 Å². The molecule has 2 aliphatic heterocycles. The Bertz CT molecular complexity index is 1040. The molecule has 2 aromatic rings. The third kappa shape index (κ3) is 3.90. The van der Waals surface area contributed by atoms with Gasteiger partial charge in [-0.05, 0) is 30.4 Å². The fourth-order valence-corrected chi connectivity index (χ4v) is 5.55. The Morgan fingerprint density at radius 1 is 1.17 bits per heavy atom. The molecule has 29 heavy (non-hydrogen) atoms. The molecule has 1 N–H and O–H groups in total. The van der Waals surface area contributed by atoms with Crippen molar-refractivity contribution in [1.82, 2.24) is 15.1 Å². The van der Waals surface area contributed by atoms with Crippen LogP contribution in [0.2, 0.25) is 0 Å². The molecule has 0 bridgehead atoms. The highest BCUT2D eigenvalue weighted by Gasteiger charge is 2.37. The molecule has 1 aromatic heterocycles. The van der Waals surface area contributed by atoms with Crippen LogP contribution in [0.3, 0.4) is 0 Å². The van der Waals surface area contributed by atoms with Crippen LogP contribution in [-0.4, -0.2) is 48.3 Å². The highest BCUT2D eigenvalue weighted by atomic mass is 32.2. The Labute approximate surface area is 166 Å². The quantitative estimate of drug-likeness (QED) is 0.799. The van der Waals surface area contributed by atoms with Crippen LogP contribution in [0.1, 0.15) is 51.6 Å². The molecule has 1 fully saturated rings. The summed E-state index contributed by atoms with van der Waals surface area (Å²) >= 11 is 0. The van der Waals surface area contributed by atoms with Crippen LogP contribution in [-0.2, 0) is 28.2 Å². The molecule has 1 amide bonds. The number of piperidine rings is 1. The van der Waals surface area contributed by atoms with E-state index < -0.39 is 21.6 Å². The standard InChI is InChI=1S/C19H20F3N3O3S/c20-19(21,22)15-4-2-1-3-13(15)12-5-8-25(9-6-12)18(26)17-14-11-29(27,28)10-7-16(14)23-24-17/h1-4,12H,5-11H2,(H,23,24). The van der Waals surface area contributed by atoms with Crippen molar-refractivity contribution in [1.29, 1.82) is 0 Å². The molecule has 1 aromatic carbocycles. The van der Waals surface area contributed by atoms with Crippen LogP contribution in [0, 0.1) is 0 Å². The maximum absolute atomic E-state index is 13.3. The molecule has 0 spiro atoms. The number of rotatable bonds is 2. The van der Waals surface area contributed by atoms with E-state index >= 15 is 0 Å². The number of H-pyrrole nitrogens is 1. The Morgan fingerprint density at radius 3 is 2.55 bits per heavy atom. The van der Waals surface area contributed by atoms with Crippen LogP contribution >= 0.6 is 0 Å². The molecule has 2 aliphatic rings. The van der Waals surface area contributed by atoms with E-state index in [0.29, 0.717) is 43.6 Å². The number of nitrogens with zero attached hydrogens (tertiary/aromatic N) is 2. The first-order chi connectivity index (χ1) is 13.7. The minimum absolute atomic E-state index is 0.0276. The van der Waals surface area contributed by atoms with Crippen molar-refractivity contribution < 1.29 is 26.4 Å². The number of amides is 1. The zero-order chi connectivity index (χ0) is 20.8. The van der Waals surface area contributed by atoms with Gasteiger partial charge in [-0.3, -0.25) is 9.89 Å². The summed E-state index contributed by atoms with van der Waals surface area (Å²) in [4.78, 5) is 14.4. The topological polar surface area (TPSA) is 83.1 Å². The van der Waals surface area contributed by atoms with E-state index in [1.165, 1.54) is 12.1 Å². The van der Waals surface area contributed by atoms with Crippen molar-refractivity contribution in [2.24, 2.45) is 0 Å².